The molecular weight excluding hydrogens is 293 g/mol. The van der Waals surface area contributed by atoms with Gasteiger partial charge in [-0.15, -0.1) is 0 Å². The highest BCUT2D eigenvalue weighted by atomic mass is 35.5. The maximum Gasteiger partial charge on any atom is 0.167 e. The van der Waals surface area contributed by atoms with Gasteiger partial charge in [0.25, 0.3) is 0 Å². The highest BCUT2D eigenvalue weighted by Crippen LogP contribution is 2.23. The Morgan fingerprint density at radius 2 is 1.80 bits per heavy atom. The lowest BCUT2D eigenvalue weighted by atomic mass is 9.97. The number of benzene rings is 2. The average molecular weight is 308 g/mol. The maximum atomic E-state index is 12.4. The van der Waals surface area contributed by atoms with E-state index >= 15 is 0 Å². The molecule has 0 fully saturated rings. The molecule has 4 heteroatoms. The summed E-state index contributed by atoms with van der Waals surface area (Å²) in [7, 11) is 0. The van der Waals surface area contributed by atoms with Gasteiger partial charge in [0.1, 0.15) is 0 Å². The molecule has 0 atom stereocenters. The summed E-state index contributed by atoms with van der Waals surface area (Å²) in [6.45, 7) is 0.516. The number of carbonyl (C=O) groups excluding carboxylic acids is 1. The van der Waals surface area contributed by atoms with Crippen LogP contribution in [-0.2, 0) is 12.8 Å². The molecule has 0 radical (unpaired) electrons. The van der Waals surface area contributed by atoms with Gasteiger partial charge in [-0.25, -0.2) is 0 Å². The molecule has 0 aliphatic carbocycles. The maximum absolute atomic E-state index is 12.4. The van der Waals surface area contributed by atoms with E-state index in [0.29, 0.717) is 28.6 Å². The van der Waals surface area contributed by atoms with Crippen molar-refractivity contribution in [1.29, 1.82) is 0 Å². The number of hydrogen-bond acceptors (Lipinski definition) is 2. The minimum absolute atomic E-state index is 0.0261. The van der Waals surface area contributed by atoms with Gasteiger partial charge in [0.2, 0.25) is 0 Å². The monoisotopic (exact) mass is 307 g/mol. The predicted molar refractivity (Wildman–Crippen MR) is 83.7 cm³/mol. The number of nitrogens with two attached hydrogens (primary N) is 1. The zero-order valence-electron chi connectivity index (χ0n) is 10.9. The van der Waals surface area contributed by atoms with Crippen molar-refractivity contribution in [3.8, 4) is 0 Å². The summed E-state index contributed by atoms with van der Waals surface area (Å²) in [6.07, 6.45) is 0.923. The van der Waals surface area contributed by atoms with Gasteiger partial charge in [0.05, 0.1) is 0 Å². The Hall–Kier alpha value is -1.35. The molecule has 0 aromatic heterocycles. The summed E-state index contributed by atoms with van der Waals surface area (Å²) >= 11 is 12.0. The van der Waals surface area contributed by atoms with Crippen LogP contribution in [0.3, 0.4) is 0 Å². The molecule has 2 nitrogen and oxygen atoms in total. The largest absolute Gasteiger partial charge is 0.330 e. The van der Waals surface area contributed by atoms with Gasteiger partial charge < -0.3 is 5.73 Å². The summed E-state index contributed by atoms with van der Waals surface area (Å²) < 4.78 is 0. The third-order valence-electron chi connectivity index (χ3n) is 3.09. The second-order valence-electron chi connectivity index (χ2n) is 4.53. The fourth-order valence-electron chi connectivity index (χ4n) is 2.11. The molecule has 2 N–H and O–H groups in total. The number of carbonyl (C=O) groups is 1. The molecule has 104 valence electrons. The van der Waals surface area contributed by atoms with Crippen LogP contribution in [0, 0.1) is 0 Å². The Bertz CT molecular complexity index is 626. The summed E-state index contributed by atoms with van der Waals surface area (Å²) in [4.78, 5) is 12.4. The van der Waals surface area contributed by atoms with E-state index in [4.69, 9.17) is 28.9 Å². The van der Waals surface area contributed by atoms with Crippen molar-refractivity contribution in [2.45, 2.75) is 12.8 Å². The average Bonchev–Trinajstić information content (AvgIpc) is 2.44. The van der Waals surface area contributed by atoms with E-state index in [9.17, 15) is 4.79 Å². The minimum Gasteiger partial charge on any atom is -0.330 e. The number of ketones is 1. The van der Waals surface area contributed by atoms with Crippen LogP contribution in [0.1, 0.15) is 21.5 Å². The van der Waals surface area contributed by atoms with E-state index in [1.807, 2.05) is 24.3 Å². The van der Waals surface area contributed by atoms with Crippen molar-refractivity contribution >= 4 is 29.0 Å². The van der Waals surface area contributed by atoms with Crippen molar-refractivity contribution < 1.29 is 4.79 Å². The summed E-state index contributed by atoms with van der Waals surface area (Å²) in [5, 5.41) is 1.13. The minimum atomic E-state index is 0.0261. The van der Waals surface area contributed by atoms with E-state index in [1.165, 1.54) is 0 Å². The standard InChI is InChI=1S/C16H15Cl2NO/c17-13-5-6-15(18)12(9-13)10-16(20)14-4-2-1-3-11(14)7-8-19/h1-6,9H,7-8,10,19H2. The smallest absolute Gasteiger partial charge is 0.167 e. The molecule has 0 saturated heterocycles. The predicted octanol–water partition coefficient (Wildman–Crippen LogP) is 3.92. The zero-order valence-corrected chi connectivity index (χ0v) is 12.4. The fourth-order valence-corrected chi connectivity index (χ4v) is 2.49. The van der Waals surface area contributed by atoms with E-state index < -0.39 is 0 Å². The van der Waals surface area contributed by atoms with Crippen LogP contribution in [0.2, 0.25) is 10.0 Å². The second kappa shape index (κ2) is 6.89. The van der Waals surface area contributed by atoms with Crippen molar-refractivity contribution in [3.05, 3.63) is 69.2 Å². The van der Waals surface area contributed by atoms with E-state index in [-0.39, 0.29) is 12.2 Å². The Kier molecular flexibility index (Phi) is 5.18. The van der Waals surface area contributed by atoms with Gasteiger partial charge in [-0.2, -0.15) is 0 Å². The number of halogens is 2. The highest BCUT2D eigenvalue weighted by Gasteiger charge is 2.13. The molecule has 0 aliphatic heterocycles. The Labute approximate surface area is 128 Å². The first kappa shape index (κ1) is 15.0. The summed E-state index contributed by atoms with van der Waals surface area (Å²) in [5.74, 6) is 0.0261. The van der Waals surface area contributed by atoms with Crippen LogP contribution in [-0.4, -0.2) is 12.3 Å². The third kappa shape index (κ3) is 3.60. The number of hydrogen-bond donors (Lipinski definition) is 1. The van der Waals surface area contributed by atoms with E-state index in [2.05, 4.69) is 0 Å². The topological polar surface area (TPSA) is 43.1 Å². The molecule has 0 unspecified atom stereocenters. The highest BCUT2D eigenvalue weighted by molar-refractivity contribution is 6.33. The molecule has 2 rings (SSSR count). The molecule has 0 bridgehead atoms. The molecule has 20 heavy (non-hydrogen) atoms. The fraction of sp³-hybridized carbons (Fsp3) is 0.188. The van der Waals surface area contributed by atoms with E-state index in [0.717, 1.165) is 11.1 Å². The molecule has 2 aromatic rings. The van der Waals surface area contributed by atoms with E-state index in [1.54, 1.807) is 18.2 Å². The third-order valence-corrected chi connectivity index (χ3v) is 3.69. The lowest BCUT2D eigenvalue weighted by Crippen LogP contribution is -2.11. The van der Waals surface area contributed by atoms with Gasteiger partial charge in [0.15, 0.2) is 5.78 Å². The first-order valence-electron chi connectivity index (χ1n) is 6.37. The van der Waals surface area contributed by atoms with Crippen LogP contribution < -0.4 is 5.73 Å². The first-order chi connectivity index (χ1) is 9.61. The SMILES string of the molecule is NCCc1ccccc1C(=O)Cc1cc(Cl)ccc1Cl. The lowest BCUT2D eigenvalue weighted by molar-refractivity contribution is 0.0992. The van der Waals surface area contributed by atoms with Gasteiger partial charge in [-0.05, 0) is 42.3 Å². The van der Waals surface area contributed by atoms with Crippen molar-refractivity contribution in [2.75, 3.05) is 6.54 Å². The normalized spacial score (nSPS) is 10.6. The molecular formula is C16H15Cl2NO. The lowest BCUT2D eigenvalue weighted by Gasteiger charge is -2.09. The molecule has 2 aromatic carbocycles. The molecule has 0 saturated carbocycles. The first-order valence-corrected chi connectivity index (χ1v) is 7.12. The molecule has 0 spiro atoms. The zero-order chi connectivity index (χ0) is 14.5. The Balaban J connectivity index is 2.26. The molecule has 0 aliphatic rings. The van der Waals surface area contributed by atoms with Crippen LogP contribution >= 0.6 is 23.2 Å². The Morgan fingerprint density at radius 3 is 2.55 bits per heavy atom. The Morgan fingerprint density at radius 1 is 1.05 bits per heavy atom. The summed E-state index contributed by atoms with van der Waals surface area (Å²) in [5.41, 5.74) is 7.99. The van der Waals surface area contributed by atoms with Crippen LogP contribution in [0.15, 0.2) is 42.5 Å². The van der Waals surface area contributed by atoms with Crippen molar-refractivity contribution in [2.24, 2.45) is 5.73 Å². The number of rotatable bonds is 5. The summed E-state index contributed by atoms with van der Waals surface area (Å²) in [6, 6.07) is 12.7. The number of Topliss-reactive ketones (excluding diaryl/α,β-unsaturated/α-hetero) is 1. The van der Waals surface area contributed by atoms with Gasteiger partial charge >= 0.3 is 0 Å². The second-order valence-corrected chi connectivity index (χ2v) is 5.38. The van der Waals surface area contributed by atoms with Gasteiger partial charge in [-0.1, -0.05) is 47.5 Å². The quantitative estimate of drug-likeness (QED) is 0.851. The molecule has 0 heterocycles. The molecule has 0 amide bonds. The van der Waals surface area contributed by atoms with Crippen LogP contribution in [0.5, 0.6) is 0 Å². The van der Waals surface area contributed by atoms with Crippen molar-refractivity contribution in [3.63, 3.8) is 0 Å². The van der Waals surface area contributed by atoms with Crippen LogP contribution in [0.4, 0.5) is 0 Å². The van der Waals surface area contributed by atoms with Crippen LogP contribution in [0.25, 0.3) is 0 Å². The van der Waals surface area contributed by atoms with Gasteiger partial charge in [-0.3, -0.25) is 4.79 Å². The van der Waals surface area contributed by atoms with Crippen molar-refractivity contribution in [1.82, 2.24) is 0 Å². The van der Waals surface area contributed by atoms with Gasteiger partial charge in [0, 0.05) is 22.0 Å².